The maximum atomic E-state index is 17.1. The molecule has 4 heterocycles. The van der Waals surface area contributed by atoms with Crippen molar-refractivity contribution in [3.8, 4) is 33.9 Å². The molecule has 3 aliphatic rings. The summed E-state index contributed by atoms with van der Waals surface area (Å²) in [6.07, 6.45) is 8.23. The van der Waals surface area contributed by atoms with E-state index in [0.717, 1.165) is 77.7 Å². The largest absolute Gasteiger partial charge is 0.508 e. The molecule has 18 nitrogen and oxygen atoms in total. The van der Waals surface area contributed by atoms with Crippen LogP contribution in [-0.2, 0) is 28.7 Å². The van der Waals surface area contributed by atoms with Gasteiger partial charge in [-0.15, -0.1) is 11.3 Å². The molecule has 3 atom stereocenters. The number of anilines is 2. The van der Waals surface area contributed by atoms with E-state index in [4.69, 9.17) is 35.8 Å². The van der Waals surface area contributed by atoms with Crippen LogP contribution in [0.3, 0.4) is 0 Å². The van der Waals surface area contributed by atoms with Gasteiger partial charge in [-0.05, 0) is 104 Å². The number of nitrogens with one attached hydrogen (secondary N) is 3. The molecule has 1 aliphatic carbocycles. The maximum absolute atomic E-state index is 17.1. The molecule has 2 aromatic heterocycles. The van der Waals surface area contributed by atoms with Crippen molar-refractivity contribution in [3.63, 3.8) is 0 Å². The quantitative estimate of drug-likeness (QED) is 0.0329. The molecule has 85 heavy (non-hydrogen) atoms. The van der Waals surface area contributed by atoms with Crippen LogP contribution in [0.4, 0.5) is 16.2 Å². The molecular weight excluding hydrogens is 1120 g/mol. The van der Waals surface area contributed by atoms with E-state index in [1.54, 1.807) is 47.4 Å². The molecule has 10 rings (SSSR count). The van der Waals surface area contributed by atoms with Crippen molar-refractivity contribution < 1.29 is 42.9 Å². The number of phenolic OH excluding ortho intramolecular Hbond substituents is 1. The highest BCUT2D eigenvalue weighted by Crippen LogP contribution is 2.44. The fraction of sp³-hybridized carbons (Fsp3) is 0.422. The van der Waals surface area contributed by atoms with Gasteiger partial charge < -0.3 is 54.9 Å². The Bertz CT molecular complexity index is 3560. The van der Waals surface area contributed by atoms with E-state index < -0.39 is 17.9 Å². The first-order valence-electron chi connectivity index (χ1n) is 29.4. The second kappa shape index (κ2) is 28.1. The Morgan fingerprint density at radius 2 is 1.58 bits per heavy atom. The zero-order valence-electron chi connectivity index (χ0n) is 48.4. The van der Waals surface area contributed by atoms with Crippen molar-refractivity contribution in [1.82, 2.24) is 40.3 Å². The molecule has 448 valence electrons. The number of hydrogen-bond donors (Lipinski definition) is 4. The normalized spacial score (nSPS) is 16.4. The number of aromatic hydroxyl groups is 1. The monoisotopic (exact) mass is 1200 g/mol. The highest BCUT2D eigenvalue weighted by Gasteiger charge is 2.40. The Hall–Kier alpha value is -7.49. The lowest BCUT2D eigenvalue weighted by Gasteiger charge is -2.35. The summed E-state index contributed by atoms with van der Waals surface area (Å²) >= 11 is 8.48. The summed E-state index contributed by atoms with van der Waals surface area (Å²) < 4.78 is 35.0. The average molecular weight is 1200 g/mol. The van der Waals surface area contributed by atoms with Gasteiger partial charge in [-0.2, -0.15) is 4.98 Å². The number of hydrogen-bond acceptors (Lipinski definition) is 15. The maximum Gasteiger partial charge on any atom is 0.246 e. The highest BCUT2D eigenvalue weighted by molar-refractivity contribution is 7.10. The number of phenols is 1. The standard InChI is InChI=1S/C64H74ClFN10O8S/c1-5-54(78)74-26-28-75(29-27-74)60-49-38-50(65)56(48-37-43(77)36-42-16-9-10-17-44(42)48)57(66)59(49)71-64(72-60)68-24-23-55(79)73(4)30-31-82-32-33-83-34-35-84-53-22-21-46(45-18-11-12-19-47(45)53)51-39-85-62(69-51)52-20-13-25-76(52)63(81)58(41-14-7-6-8-15-41)70-61(80)40(2)67-3/h5,9-12,16-19,21-22,36-41,52,58,67,77H,1,6-8,13-15,20,23-35H2,2-4H3,(H,70,80)(H,68,71,72)/t40-,52-,58-/m0/s1. The van der Waals surface area contributed by atoms with Crippen molar-refractivity contribution >= 4 is 90.8 Å². The second-order valence-corrected chi connectivity index (χ2v) is 23.2. The van der Waals surface area contributed by atoms with Crippen LogP contribution >= 0.6 is 22.9 Å². The number of carbonyl (C=O) groups excluding carboxylic acids is 4. The van der Waals surface area contributed by atoms with Crippen molar-refractivity contribution in [3.05, 3.63) is 113 Å². The van der Waals surface area contributed by atoms with Gasteiger partial charge in [-0.1, -0.05) is 86.0 Å². The van der Waals surface area contributed by atoms with Crippen molar-refractivity contribution in [2.45, 2.75) is 76.4 Å². The van der Waals surface area contributed by atoms with E-state index in [2.05, 4.69) is 39.0 Å². The van der Waals surface area contributed by atoms with Crippen molar-refractivity contribution in [2.75, 3.05) is 103 Å². The number of thiazole rings is 1. The van der Waals surface area contributed by atoms with Crippen LogP contribution in [0, 0.1) is 11.7 Å². The predicted molar refractivity (Wildman–Crippen MR) is 332 cm³/mol. The molecule has 0 radical (unpaired) electrons. The van der Waals surface area contributed by atoms with Gasteiger partial charge in [0, 0.05) is 86.6 Å². The van der Waals surface area contributed by atoms with Crippen LogP contribution in [0.25, 0.3) is 54.8 Å². The van der Waals surface area contributed by atoms with Gasteiger partial charge in [0.15, 0.2) is 5.82 Å². The highest BCUT2D eigenvalue weighted by atomic mass is 35.5. The molecule has 4 N–H and O–H groups in total. The third kappa shape index (κ3) is 13.9. The summed E-state index contributed by atoms with van der Waals surface area (Å²) in [5.41, 5.74) is 2.32. The molecule has 0 bridgehead atoms. The molecule has 21 heteroatoms. The van der Waals surface area contributed by atoms with Gasteiger partial charge in [0.25, 0.3) is 0 Å². The number of ether oxygens (including phenoxy) is 3. The molecule has 2 saturated heterocycles. The molecular formula is C64H74ClFN10O8S. The summed E-state index contributed by atoms with van der Waals surface area (Å²) in [5.74, 6) is 0.177. The first-order chi connectivity index (χ1) is 41.3. The second-order valence-electron chi connectivity index (χ2n) is 21.9. The molecule has 2 aliphatic heterocycles. The first-order valence-corrected chi connectivity index (χ1v) is 30.7. The Balaban J connectivity index is 0.689. The fourth-order valence-electron chi connectivity index (χ4n) is 11.8. The van der Waals surface area contributed by atoms with Crippen LogP contribution < -0.4 is 25.6 Å². The number of benzene rings is 5. The van der Waals surface area contributed by atoms with Crippen LogP contribution in [0.2, 0.25) is 5.02 Å². The van der Waals surface area contributed by atoms with E-state index in [-0.39, 0.29) is 76.4 Å². The molecule has 0 spiro atoms. The number of fused-ring (bicyclic) bond motifs is 3. The van der Waals surface area contributed by atoms with Crippen LogP contribution in [0.5, 0.6) is 11.5 Å². The van der Waals surface area contributed by atoms with E-state index >= 15 is 4.39 Å². The van der Waals surface area contributed by atoms with Crippen LogP contribution in [0.15, 0.2) is 96.9 Å². The smallest absolute Gasteiger partial charge is 0.246 e. The Labute approximate surface area is 503 Å². The summed E-state index contributed by atoms with van der Waals surface area (Å²) in [5, 5.41) is 26.8. The number of likely N-dealkylation sites (N-methyl/N-ethyl adjacent to an activating group) is 2. The minimum atomic E-state index is -0.689. The van der Waals surface area contributed by atoms with E-state index in [1.165, 1.54) is 12.1 Å². The van der Waals surface area contributed by atoms with Gasteiger partial charge in [0.05, 0.1) is 49.2 Å². The number of rotatable bonds is 24. The zero-order valence-corrected chi connectivity index (χ0v) is 50.0. The SMILES string of the molecule is C=CC(=O)N1CCN(c2nc(NCCC(=O)N(C)CCOCCOCCOc3ccc(-c4csc([C@@H]5CCCN5C(=O)[C@@H](NC(=O)[C@H](C)NC)C5CCCCC5)n4)c4ccccc34)nc3c(F)c(-c4cc(O)cc5ccccc45)c(Cl)cc23)CC1. The van der Waals surface area contributed by atoms with E-state index in [1.807, 2.05) is 71.3 Å². The Kier molecular flexibility index (Phi) is 20.1. The molecule has 0 unspecified atom stereocenters. The molecule has 1 saturated carbocycles. The summed E-state index contributed by atoms with van der Waals surface area (Å²) in [6, 6.07) is 23.0. The third-order valence-electron chi connectivity index (χ3n) is 16.5. The number of aromatic nitrogens is 3. The topological polar surface area (TPSA) is 204 Å². The number of amides is 4. The average Bonchev–Trinajstić information content (AvgIpc) is 2.93. The predicted octanol–water partition coefficient (Wildman–Crippen LogP) is 9.77. The number of likely N-dealkylation sites (tertiary alicyclic amines) is 1. The van der Waals surface area contributed by atoms with Gasteiger partial charge >= 0.3 is 0 Å². The van der Waals surface area contributed by atoms with Gasteiger partial charge in [0.2, 0.25) is 29.6 Å². The summed E-state index contributed by atoms with van der Waals surface area (Å²) in [4.78, 5) is 75.0. The molecule has 7 aromatic rings. The Morgan fingerprint density at radius 3 is 2.34 bits per heavy atom. The van der Waals surface area contributed by atoms with E-state index in [0.29, 0.717) is 99.8 Å². The molecule has 5 aromatic carbocycles. The number of carbonyl (C=O) groups is 4. The molecule has 4 amide bonds. The van der Waals surface area contributed by atoms with Gasteiger partial charge in [-0.3, -0.25) is 19.2 Å². The number of nitrogens with zero attached hydrogens (tertiary/aromatic N) is 7. The summed E-state index contributed by atoms with van der Waals surface area (Å²) in [6.45, 7) is 9.81. The van der Waals surface area contributed by atoms with Crippen molar-refractivity contribution in [1.29, 1.82) is 0 Å². The summed E-state index contributed by atoms with van der Waals surface area (Å²) in [7, 11) is 3.46. The molecule has 3 fully saturated rings. The van der Waals surface area contributed by atoms with Gasteiger partial charge in [0.1, 0.15) is 40.5 Å². The lowest BCUT2D eigenvalue weighted by molar-refractivity contribution is -0.139. The van der Waals surface area contributed by atoms with Gasteiger partial charge in [-0.25, -0.2) is 14.4 Å². The third-order valence-corrected chi connectivity index (χ3v) is 17.8. The van der Waals surface area contributed by atoms with Crippen LogP contribution in [-0.4, -0.2) is 163 Å². The number of halogens is 2. The Morgan fingerprint density at radius 1 is 0.847 bits per heavy atom. The van der Waals surface area contributed by atoms with Crippen LogP contribution in [0.1, 0.15) is 69.3 Å². The van der Waals surface area contributed by atoms with E-state index in [9.17, 15) is 24.3 Å². The minimum Gasteiger partial charge on any atom is -0.508 e. The number of piperazine rings is 1. The minimum absolute atomic E-state index is 0.00474. The zero-order chi connectivity index (χ0) is 59.6. The van der Waals surface area contributed by atoms with Crippen molar-refractivity contribution in [2.24, 2.45) is 5.92 Å². The fourth-order valence-corrected chi connectivity index (χ4v) is 13.0. The first kappa shape index (κ1) is 60.6. The lowest BCUT2D eigenvalue weighted by atomic mass is 9.83. The lowest BCUT2D eigenvalue weighted by Crippen LogP contribution is -2.55.